The van der Waals surface area contributed by atoms with E-state index in [0.717, 1.165) is 25.5 Å². The van der Waals surface area contributed by atoms with Crippen LogP contribution in [-0.2, 0) is 4.74 Å². The van der Waals surface area contributed by atoms with Gasteiger partial charge in [0.15, 0.2) is 0 Å². The highest BCUT2D eigenvalue weighted by Gasteiger charge is 2.17. The fraction of sp³-hybridized carbons (Fsp3) is 0.615. The summed E-state index contributed by atoms with van der Waals surface area (Å²) < 4.78 is 5.53. The lowest BCUT2D eigenvalue weighted by Crippen LogP contribution is -2.41. The van der Waals surface area contributed by atoms with Crippen LogP contribution in [-0.4, -0.2) is 37.8 Å². The molecule has 0 radical (unpaired) electrons. The van der Waals surface area contributed by atoms with Crippen molar-refractivity contribution in [3.63, 3.8) is 0 Å². The number of morpholine rings is 1. The number of hydrogen-bond donors (Lipinski definition) is 1. The quantitative estimate of drug-likeness (QED) is 0.863. The molecule has 1 aliphatic heterocycles. The Hall–Kier alpha value is -1.13. The Morgan fingerprint density at radius 1 is 1.53 bits per heavy atom. The maximum absolute atomic E-state index is 5.53. The molecule has 4 heteroatoms. The Bertz CT molecular complexity index is 352. The first-order chi connectivity index (χ1) is 8.20. The molecule has 2 unspecified atom stereocenters. The van der Waals surface area contributed by atoms with Crippen LogP contribution in [0.4, 0.5) is 5.82 Å². The van der Waals surface area contributed by atoms with Crippen LogP contribution in [0.15, 0.2) is 18.3 Å². The van der Waals surface area contributed by atoms with Crippen molar-refractivity contribution in [3.05, 3.63) is 23.9 Å². The van der Waals surface area contributed by atoms with Gasteiger partial charge in [-0.15, -0.1) is 0 Å². The van der Waals surface area contributed by atoms with E-state index < -0.39 is 0 Å². The Morgan fingerprint density at radius 3 is 2.94 bits per heavy atom. The van der Waals surface area contributed by atoms with Gasteiger partial charge in [0.2, 0.25) is 0 Å². The first-order valence-corrected chi connectivity index (χ1v) is 6.20. The van der Waals surface area contributed by atoms with Gasteiger partial charge in [-0.25, -0.2) is 4.98 Å². The molecular formula is C13H21N3O. The molecule has 17 heavy (non-hydrogen) atoms. The minimum atomic E-state index is 0.293. The van der Waals surface area contributed by atoms with Crippen LogP contribution in [0.25, 0.3) is 0 Å². The van der Waals surface area contributed by atoms with E-state index in [1.807, 2.05) is 13.2 Å². The third-order valence-electron chi connectivity index (χ3n) is 3.27. The van der Waals surface area contributed by atoms with Gasteiger partial charge < -0.3 is 15.0 Å². The predicted octanol–water partition coefficient (Wildman–Crippen LogP) is 1.59. The van der Waals surface area contributed by atoms with E-state index in [2.05, 4.69) is 41.2 Å². The second-order valence-electron chi connectivity index (χ2n) is 4.59. The molecule has 1 N–H and O–H groups in total. The van der Waals surface area contributed by atoms with Crippen LogP contribution < -0.4 is 10.2 Å². The number of hydrogen-bond acceptors (Lipinski definition) is 4. The van der Waals surface area contributed by atoms with Gasteiger partial charge in [0.05, 0.1) is 12.7 Å². The second kappa shape index (κ2) is 5.47. The summed E-state index contributed by atoms with van der Waals surface area (Å²) in [5, 5.41) is 3.21. The lowest BCUT2D eigenvalue weighted by Gasteiger charge is -2.32. The van der Waals surface area contributed by atoms with Gasteiger partial charge in [-0.1, -0.05) is 6.07 Å². The Kier molecular flexibility index (Phi) is 3.97. The van der Waals surface area contributed by atoms with Crippen LogP contribution in [0.5, 0.6) is 0 Å². The van der Waals surface area contributed by atoms with Crippen molar-refractivity contribution < 1.29 is 4.74 Å². The first-order valence-electron chi connectivity index (χ1n) is 6.20. The summed E-state index contributed by atoms with van der Waals surface area (Å²) in [6.45, 7) is 6.88. The highest BCUT2D eigenvalue weighted by Crippen LogP contribution is 2.18. The highest BCUT2D eigenvalue weighted by molar-refractivity contribution is 5.40. The van der Waals surface area contributed by atoms with Gasteiger partial charge >= 0.3 is 0 Å². The predicted molar refractivity (Wildman–Crippen MR) is 69.3 cm³/mol. The minimum absolute atomic E-state index is 0.293. The topological polar surface area (TPSA) is 37.4 Å². The van der Waals surface area contributed by atoms with E-state index in [1.165, 1.54) is 5.56 Å². The zero-order valence-corrected chi connectivity index (χ0v) is 10.8. The summed E-state index contributed by atoms with van der Waals surface area (Å²) >= 11 is 0. The number of aromatic nitrogens is 1. The molecule has 4 nitrogen and oxygen atoms in total. The molecule has 0 amide bonds. The molecular weight excluding hydrogens is 214 g/mol. The second-order valence-corrected chi connectivity index (χ2v) is 4.59. The number of anilines is 1. The standard InChI is InChI=1S/C13H21N3O/c1-10-9-16(6-7-17-10)13-5-4-12(8-15-13)11(2)14-3/h4-5,8,10-11,14H,6-7,9H2,1-3H3. The van der Waals surface area contributed by atoms with Crippen molar-refractivity contribution in [1.82, 2.24) is 10.3 Å². The molecule has 0 aliphatic carbocycles. The smallest absolute Gasteiger partial charge is 0.128 e. The van der Waals surface area contributed by atoms with Crippen LogP contribution in [0.3, 0.4) is 0 Å². The van der Waals surface area contributed by atoms with E-state index >= 15 is 0 Å². The largest absolute Gasteiger partial charge is 0.375 e. The summed E-state index contributed by atoms with van der Waals surface area (Å²) in [6, 6.07) is 4.59. The van der Waals surface area contributed by atoms with E-state index in [0.29, 0.717) is 12.1 Å². The van der Waals surface area contributed by atoms with Gasteiger partial charge in [0.25, 0.3) is 0 Å². The Balaban J connectivity index is 2.06. The maximum atomic E-state index is 5.53. The molecule has 1 aromatic rings. The van der Waals surface area contributed by atoms with Crippen LogP contribution in [0, 0.1) is 0 Å². The summed E-state index contributed by atoms with van der Waals surface area (Å²) in [5.74, 6) is 1.05. The van der Waals surface area contributed by atoms with Gasteiger partial charge in [-0.2, -0.15) is 0 Å². The van der Waals surface area contributed by atoms with Crippen molar-refractivity contribution >= 4 is 5.82 Å². The first kappa shape index (κ1) is 12.3. The molecule has 0 spiro atoms. The van der Waals surface area contributed by atoms with E-state index in [4.69, 9.17) is 4.74 Å². The minimum Gasteiger partial charge on any atom is -0.375 e. The molecule has 1 saturated heterocycles. The van der Waals surface area contributed by atoms with Crippen LogP contribution in [0.2, 0.25) is 0 Å². The van der Waals surface area contributed by atoms with Crippen LogP contribution >= 0.6 is 0 Å². The summed E-state index contributed by atoms with van der Waals surface area (Å²) in [4.78, 5) is 6.82. The van der Waals surface area contributed by atoms with Gasteiger partial charge in [0, 0.05) is 25.3 Å². The number of nitrogens with one attached hydrogen (secondary N) is 1. The van der Waals surface area contributed by atoms with Gasteiger partial charge in [-0.05, 0) is 32.5 Å². The molecule has 1 fully saturated rings. The lowest BCUT2D eigenvalue weighted by atomic mass is 10.1. The zero-order chi connectivity index (χ0) is 12.3. The SMILES string of the molecule is CNC(C)c1ccc(N2CCOC(C)C2)nc1. The average molecular weight is 235 g/mol. The maximum Gasteiger partial charge on any atom is 0.128 e. The molecule has 94 valence electrons. The number of nitrogens with zero attached hydrogens (tertiary/aromatic N) is 2. The summed E-state index contributed by atoms with van der Waals surface area (Å²) in [6.07, 6.45) is 2.25. The van der Waals surface area contributed by atoms with Crippen molar-refractivity contribution in [2.45, 2.75) is 26.0 Å². The average Bonchev–Trinajstić information content (AvgIpc) is 2.38. The molecule has 0 aromatic carbocycles. The summed E-state index contributed by atoms with van der Waals surface area (Å²) in [5.41, 5.74) is 1.22. The van der Waals surface area contributed by atoms with Gasteiger partial charge in [0.1, 0.15) is 5.82 Å². The molecule has 0 saturated carbocycles. The Labute approximate surface area is 103 Å². The van der Waals surface area contributed by atoms with Crippen molar-refractivity contribution in [2.24, 2.45) is 0 Å². The monoisotopic (exact) mass is 235 g/mol. The van der Waals surface area contributed by atoms with Crippen molar-refractivity contribution in [3.8, 4) is 0 Å². The summed E-state index contributed by atoms with van der Waals surface area (Å²) in [7, 11) is 1.96. The van der Waals surface area contributed by atoms with E-state index in [9.17, 15) is 0 Å². The fourth-order valence-electron chi connectivity index (χ4n) is 2.03. The molecule has 2 heterocycles. The molecule has 2 rings (SSSR count). The molecule has 1 aromatic heterocycles. The lowest BCUT2D eigenvalue weighted by molar-refractivity contribution is 0.0529. The fourth-order valence-corrected chi connectivity index (χ4v) is 2.03. The zero-order valence-electron chi connectivity index (χ0n) is 10.8. The van der Waals surface area contributed by atoms with Gasteiger partial charge in [-0.3, -0.25) is 0 Å². The third kappa shape index (κ3) is 2.96. The number of rotatable bonds is 3. The molecule has 1 aliphatic rings. The number of pyridine rings is 1. The molecule has 2 atom stereocenters. The Morgan fingerprint density at radius 2 is 2.35 bits per heavy atom. The van der Waals surface area contributed by atoms with Crippen LogP contribution in [0.1, 0.15) is 25.5 Å². The highest BCUT2D eigenvalue weighted by atomic mass is 16.5. The normalized spacial score (nSPS) is 22.5. The number of ether oxygens (including phenoxy) is 1. The van der Waals surface area contributed by atoms with E-state index in [1.54, 1.807) is 0 Å². The third-order valence-corrected chi connectivity index (χ3v) is 3.27. The van der Waals surface area contributed by atoms with E-state index in [-0.39, 0.29) is 0 Å². The van der Waals surface area contributed by atoms with Crippen molar-refractivity contribution in [1.29, 1.82) is 0 Å². The molecule has 0 bridgehead atoms. The van der Waals surface area contributed by atoms with Crippen molar-refractivity contribution in [2.75, 3.05) is 31.6 Å².